The van der Waals surface area contributed by atoms with Crippen molar-refractivity contribution in [3.05, 3.63) is 11.3 Å². The smallest absolute Gasteiger partial charge is 0.336 e. The minimum atomic E-state index is -0.581. The summed E-state index contributed by atoms with van der Waals surface area (Å²) in [5.41, 5.74) is 0.559. The number of nitrogens with zero attached hydrogens (tertiary/aromatic N) is 1. The summed E-state index contributed by atoms with van der Waals surface area (Å²) in [4.78, 5) is 28.9. The van der Waals surface area contributed by atoms with Crippen molar-refractivity contribution in [3.8, 4) is 0 Å². The standard InChI is InChI=1S/C17H27NO4/c1-10-12(14(19)21-16(3,4)5)9-13(11(2)18-10)15(20)22-17(6,7)8/h12H,9H2,1-8H3. The van der Waals surface area contributed by atoms with Gasteiger partial charge in [-0.15, -0.1) is 0 Å². The Morgan fingerprint density at radius 2 is 1.50 bits per heavy atom. The molecule has 5 heteroatoms. The average molecular weight is 309 g/mol. The van der Waals surface area contributed by atoms with Crippen LogP contribution >= 0.6 is 0 Å². The van der Waals surface area contributed by atoms with Gasteiger partial charge in [0.2, 0.25) is 0 Å². The Labute approximate surface area is 132 Å². The summed E-state index contributed by atoms with van der Waals surface area (Å²) in [6.45, 7) is 14.4. The highest BCUT2D eigenvalue weighted by Gasteiger charge is 2.34. The predicted molar refractivity (Wildman–Crippen MR) is 85.6 cm³/mol. The molecule has 0 spiro atoms. The van der Waals surface area contributed by atoms with E-state index in [0.29, 0.717) is 17.0 Å². The predicted octanol–water partition coefficient (Wildman–Crippen LogP) is 3.42. The Bertz CT molecular complexity index is 530. The van der Waals surface area contributed by atoms with Crippen molar-refractivity contribution in [2.24, 2.45) is 10.9 Å². The van der Waals surface area contributed by atoms with Crippen LogP contribution in [0.4, 0.5) is 0 Å². The first-order valence-corrected chi connectivity index (χ1v) is 7.51. The molecule has 0 N–H and O–H groups in total. The summed E-state index contributed by atoms with van der Waals surface area (Å²) in [5, 5.41) is 0. The third-order valence-corrected chi connectivity index (χ3v) is 3.03. The third-order valence-electron chi connectivity index (χ3n) is 3.03. The van der Waals surface area contributed by atoms with Crippen LogP contribution in [0.3, 0.4) is 0 Å². The fourth-order valence-electron chi connectivity index (χ4n) is 2.11. The first kappa shape index (κ1) is 18.4. The summed E-state index contributed by atoms with van der Waals surface area (Å²) in [6.07, 6.45) is 0.269. The van der Waals surface area contributed by atoms with Crippen molar-refractivity contribution in [3.63, 3.8) is 0 Å². The van der Waals surface area contributed by atoms with Gasteiger partial charge >= 0.3 is 11.9 Å². The van der Waals surface area contributed by atoms with E-state index in [0.717, 1.165) is 0 Å². The Hall–Kier alpha value is -1.65. The van der Waals surface area contributed by atoms with Gasteiger partial charge in [0, 0.05) is 11.4 Å². The maximum atomic E-state index is 12.3. The number of carbonyl (C=O) groups excluding carboxylic acids is 2. The molecule has 0 amide bonds. The molecule has 1 aliphatic rings. The maximum absolute atomic E-state index is 12.3. The van der Waals surface area contributed by atoms with Crippen molar-refractivity contribution >= 4 is 17.7 Å². The van der Waals surface area contributed by atoms with Crippen LogP contribution in [0.15, 0.2) is 16.3 Å². The largest absolute Gasteiger partial charge is 0.459 e. The molecule has 1 aliphatic heterocycles. The van der Waals surface area contributed by atoms with E-state index in [-0.39, 0.29) is 12.4 Å². The molecule has 0 bridgehead atoms. The number of hydrogen-bond donors (Lipinski definition) is 0. The fraction of sp³-hybridized carbons (Fsp3) is 0.706. The van der Waals surface area contributed by atoms with Gasteiger partial charge in [0.05, 0.1) is 11.5 Å². The summed E-state index contributed by atoms with van der Waals surface area (Å²) < 4.78 is 10.8. The molecule has 5 nitrogen and oxygen atoms in total. The molecule has 0 saturated heterocycles. The maximum Gasteiger partial charge on any atom is 0.336 e. The zero-order valence-corrected chi connectivity index (χ0v) is 14.9. The van der Waals surface area contributed by atoms with Gasteiger partial charge in [0.1, 0.15) is 11.2 Å². The lowest BCUT2D eigenvalue weighted by Crippen LogP contribution is -2.35. The van der Waals surface area contributed by atoms with Crippen LogP contribution in [-0.4, -0.2) is 28.9 Å². The van der Waals surface area contributed by atoms with Crippen molar-refractivity contribution < 1.29 is 19.1 Å². The molecule has 1 unspecified atom stereocenters. The highest BCUT2D eigenvalue weighted by atomic mass is 16.6. The lowest BCUT2D eigenvalue weighted by Gasteiger charge is -2.28. The van der Waals surface area contributed by atoms with Crippen LogP contribution in [0.25, 0.3) is 0 Å². The average Bonchev–Trinajstić information content (AvgIpc) is 2.23. The number of ether oxygens (including phenoxy) is 2. The first-order valence-electron chi connectivity index (χ1n) is 7.51. The van der Waals surface area contributed by atoms with E-state index >= 15 is 0 Å². The molecule has 124 valence electrons. The van der Waals surface area contributed by atoms with Gasteiger partial charge in [-0.05, 0) is 61.8 Å². The molecule has 0 saturated carbocycles. The third kappa shape index (κ3) is 5.28. The van der Waals surface area contributed by atoms with Crippen molar-refractivity contribution in [2.45, 2.75) is 73.0 Å². The van der Waals surface area contributed by atoms with Crippen molar-refractivity contribution in [2.75, 3.05) is 0 Å². The van der Waals surface area contributed by atoms with Crippen molar-refractivity contribution in [1.29, 1.82) is 0 Å². The number of carbonyl (C=O) groups is 2. The Kier molecular flexibility index (Phi) is 5.21. The van der Waals surface area contributed by atoms with Crippen LogP contribution in [0.1, 0.15) is 61.8 Å². The molecule has 0 aromatic carbocycles. The molecule has 0 aliphatic carbocycles. The Morgan fingerprint density at radius 3 is 1.95 bits per heavy atom. The SMILES string of the molecule is CC1=NC(C)=C(C(=O)OC(C)(C)C)CC1C(=O)OC(C)(C)C. The lowest BCUT2D eigenvalue weighted by molar-refractivity contribution is -0.157. The van der Waals surface area contributed by atoms with E-state index in [2.05, 4.69) is 4.99 Å². The van der Waals surface area contributed by atoms with Gasteiger partial charge < -0.3 is 9.47 Å². The monoisotopic (exact) mass is 309 g/mol. The number of esters is 2. The Morgan fingerprint density at radius 1 is 1.00 bits per heavy atom. The number of rotatable bonds is 2. The van der Waals surface area contributed by atoms with Gasteiger partial charge in [0.15, 0.2) is 0 Å². The van der Waals surface area contributed by atoms with Crippen LogP contribution in [-0.2, 0) is 19.1 Å². The minimum Gasteiger partial charge on any atom is -0.459 e. The van der Waals surface area contributed by atoms with Crippen LogP contribution in [0.5, 0.6) is 0 Å². The number of aliphatic imine (C=N–C) groups is 1. The van der Waals surface area contributed by atoms with Crippen LogP contribution in [0.2, 0.25) is 0 Å². The molecule has 1 atom stereocenters. The summed E-state index contributed by atoms with van der Waals surface area (Å²) in [6, 6.07) is 0. The second-order valence-corrected chi connectivity index (χ2v) is 7.61. The normalized spacial score (nSPS) is 19.6. The fourth-order valence-corrected chi connectivity index (χ4v) is 2.11. The first-order chi connectivity index (χ1) is 9.80. The molecular formula is C17H27NO4. The minimum absolute atomic E-state index is 0.269. The van der Waals surface area contributed by atoms with Crippen LogP contribution in [0, 0.1) is 5.92 Å². The zero-order chi connectivity index (χ0) is 17.3. The Balaban J connectivity index is 2.96. The summed E-state index contributed by atoms with van der Waals surface area (Å²) in [5.74, 6) is -1.32. The second kappa shape index (κ2) is 6.23. The van der Waals surface area contributed by atoms with Gasteiger partial charge in [-0.2, -0.15) is 0 Å². The molecular weight excluding hydrogens is 282 g/mol. The molecule has 1 heterocycles. The highest BCUT2D eigenvalue weighted by Crippen LogP contribution is 2.28. The number of hydrogen-bond acceptors (Lipinski definition) is 5. The zero-order valence-electron chi connectivity index (χ0n) is 14.9. The summed E-state index contributed by atoms with van der Waals surface area (Å²) >= 11 is 0. The molecule has 22 heavy (non-hydrogen) atoms. The topological polar surface area (TPSA) is 65.0 Å². The lowest BCUT2D eigenvalue weighted by atomic mass is 9.91. The molecule has 0 aromatic heterocycles. The van der Waals surface area contributed by atoms with E-state index in [9.17, 15) is 9.59 Å². The van der Waals surface area contributed by atoms with Crippen LogP contribution < -0.4 is 0 Å². The van der Waals surface area contributed by atoms with Gasteiger partial charge in [-0.25, -0.2) is 4.79 Å². The second-order valence-electron chi connectivity index (χ2n) is 7.61. The van der Waals surface area contributed by atoms with Gasteiger partial charge in [-0.3, -0.25) is 9.79 Å². The van der Waals surface area contributed by atoms with Crippen molar-refractivity contribution in [1.82, 2.24) is 0 Å². The molecule has 0 aromatic rings. The summed E-state index contributed by atoms with van der Waals surface area (Å²) in [7, 11) is 0. The molecule has 1 rings (SSSR count). The highest BCUT2D eigenvalue weighted by molar-refractivity contribution is 6.05. The van der Waals surface area contributed by atoms with E-state index in [1.54, 1.807) is 13.8 Å². The molecule has 0 radical (unpaired) electrons. The van der Waals surface area contributed by atoms with E-state index in [1.807, 2.05) is 41.5 Å². The van der Waals surface area contributed by atoms with Gasteiger partial charge in [0.25, 0.3) is 0 Å². The number of allylic oxidation sites excluding steroid dienone is 1. The molecule has 0 fully saturated rings. The quantitative estimate of drug-likeness (QED) is 0.733. The van der Waals surface area contributed by atoms with E-state index in [1.165, 1.54) is 0 Å². The van der Waals surface area contributed by atoms with E-state index < -0.39 is 23.1 Å². The van der Waals surface area contributed by atoms with E-state index in [4.69, 9.17) is 9.47 Å². The van der Waals surface area contributed by atoms with Gasteiger partial charge in [-0.1, -0.05) is 0 Å².